The maximum absolute atomic E-state index is 13.0. The summed E-state index contributed by atoms with van der Waals surface area (Å²) in [5, 5.41) is 3.94. The molecule has 2 aliphatic rings. The average molecular weight is 377 g/mol. The van der Waals surface area contributed by atoms with Gasteiger partial charge in [-0.1, -0.05) is 0 Å². The standard InChI is InChI=1S/C18H17F2N3O4/c1-26-11-5-8-7(4-9(11)16(21)24)2-3-22-18(8)27-6-10-12-13(15(19)20)14(12)17(25)23-10/h2-5,10,12-15H,6H2,1H3,(H2,21,24)(H,23,25)/t10-,12+,13?,14?/m1/s1. The number of aromatic nitrogens is 1. The normalized spacial score (nSPS) is 26.0. The second kappa shape index (κ2) is 6.33. The number of pyridine rings is 1. The topological polar surface area (TPSA) is 104 Å². The van der Waals surface area contributed by atoms with Crippen molar-refractivity contribution in [2.45, 2.75) is 12.5 Å². The molecule has 1 aromatic heterocycles. The molecule has 2 heterocycles. The van der Waals surface area contributed by atoms with Gasteiger partial charge in [-0.3, -0.25) is 9.59 Å². The van der Waals surface area contributed by atoms with E-state index in [0.29, 0.717) is 10.8 Å². The minimum absolute atomic E-state index is 0.0299. The van der Waals surface area contributed by atoms with Gasteiger partial charge in [-0.2, -0.15) is 0 Å². The number of benzene rings is 1. The Labute approximate surface area is 152 Å². The molecule has 1 aromatic carbocycles. The van der Waals surface area contributed by atoms with Crippen LogP contribution in [0, 0.1) is 17.8 Å². The first-order valence-electron chi connectivity index (χ1n) is 8.40. The summed E-state index contributed by atoms with van der Waals surface area (Å²) in [7, 11) is 1.41. The lowest BCUT2D eigenvalue weighted by molar-refractivity contribution is -0.122. The van der Waals surface area contributed by atoms with Crippen molar-refractivity contribution < 1.29 is 27.8 Å². The molecule has 2 amide bonds. The number of amides is 2. The van der Waals surface area contributed by atoms with Crippen LogP contribution >= 0.6 is 0 Å². The number of nitrogens with one attached hydrogen (secondary N) is 1. The zero-order chi connectivity index (χ0) is 19.3. The van der Waals surface area contributed by atoms with E-state index >= 15 is 0 Å². The summed E-state index contributed by atoms with van der Waals surface area (Å²) in [5.41, 5.74) is 5.59. The van der Waals surface area contributed by atoms with E-state index in [2.05, 4.69) is 10.3 Å². The second-order valence-electron chi connectivity index (χ2n) is 6.70. The molecule has 9 heteroatoms. The highest BCUT2D eigenvalue weighted by Crippen LogP contribution is 2.55. The molecule has 2 aromatic rings. The van der Waals surface area contributed by atoms with Crippen LogP contribution in [0.15, 0.2) is 24.4 Å². The number of ether oxygens (including phenoxy) is 2. The van der Waals surface area contributed by atoms with Gasteiger partial charge in [0.15, 0.2) is 0 Å². The molecule has 2 fully saturated rings. The van der Waals surface area contributed by atoms with Gasteiger partial charge in [-0.25, -0.2) is 13.8 Å². The fourth-order valence-corrected chi connectivity index (χ4v) is 3.90. The van der Waals surface area contributed by atoms with Gasteiger partial charge in [0.1, 0.15) is 12.4 Å². The van der Waals surface area contributed by atoms with Gasteiger partial charge < -0.3 is 20.5 Å². The van der Waals surface area contributed by atoms with Gasteiger partial charge in [0.2, 0.25) is 18.2 Å². The van der Waals surface area contributed by atoms with Crippen LogP contribution in [0.25, 0.3) is 10.8 Å². The summed E-state index contributed by atoms with van der Waals surface area (Å²) >= 11 is 0. The fourth-order valence-electron chi connectivity index (χ4n) is 3.90. The van der Waals surface area contributed by atoms with E-state index in [1.165, 1.54) is 13.3 Å². The van der Waals surface area contributed by atoms with Crippen LogP contribution in [0.4, 0.5) is 8.78 Å². The first-order chi connectivity index (χ1) is 12.9. The van der Waals surface area contributed by atoms with Crippen LogP contribution in [0.2, 0.25) is 0 Å². The molecule has 0 spiro atoms. The lowest BCUT2D eigenvalue weighted by atomic mass is 10.1. The summed E-state index contributed by atoms with van der Waals surface area (Å²) in [5.74, 6) is -2.38. The molecule has 3 N–H and O–H groups in total. The van der Waals surface area contributed by atoms with Crippen LogP contribution in [0.3, 0.4) is 0 Å². The summed E-state index contributed by atoms with van der Waals surface area (Å²) < 4.78 is 36.9. The van der Waals surface area contributed by atoms with E-state index < -0.39 is 36.1 Å². The number of methoxy groups -OCH3 is 1. The Morgan fingerprint density at radius 2 is 2.19 bits per heavy atom. The Balaban J connectivity index is 1.58. The number of hydrogen-bond donors (Lipinski definition) is 2. The number of rotatable bonds is 6. The van der Waals surface area contributed by atoms with Crippen molar-refractivity contribution in [1.82, 2.24) is 10.3 Å². The predicted octanol–water partition coefficient (Wildman–Crippen LogP) is 1.35. The van der Waals surface area contributed by atoms with E-state index in [1.807, 2.05) is 0 Å². The first kappa shape index (κ1) is 17.4. The second-order valence-corrected chi connectivity index (χ2v) is 6.70. The highest BCUT2D eigenvalue weighted by molar-refractivity contribution is 6.01. The molecule has 0 bridgehead atoms. The van der Waals surface area contributed by atoms with Crippen molar-refractivity contribution in [3.05, 3.63) is 30.0 Å². The molecule has 2 unspecified atom stereocenters. The number of primary amides is 1. The fraction of sp³-hybridized carbons (Fsp3) is 0.389. The molecule has 4 atom stereocenters. The summed E-state index contributed by atoms with van der Waals surface area (Å²) in [6, 6.07) is 4.37. The third kappa shape index (κ3) is 2.83. The average Bonchev–Trinajstić information content (AvgIpc) is 3.32. The van der Waals surface area contributed by atoms with Gasteiger partial charge in [0, 0.05) is 23.4 Å². The summed E-state index contributed by atoms with van der Waals surface area (Å²) in [6.45, 7) is 0.0299. The quantitative estimate of drug-likeness (QED) is 0.791. The maximum atomic E-state index is 13.0. The Bertz CT molecular complexity index is 936. The van der Waals surface area contributed by atoms with Crippen LogP contribution in [-0.4, -0.2) is 43.0 Å². The van der Waals surface area contributed by atoms with E-state index in [-0.39, 0.29) is 29.7 Å². The highest BCUT2D eigenvalue weighted by Gasteiger charge is 2.67. The van der Waals surface area contributed by atoms with Crippen LogP contribution in [-0.2, 0) is 4.79 Å². The van der Waals surface area contributed by atoms with E-state index in [0.717, 1.165) is 0 Å². The number of nitrogens with two attached hydrogens (primary N) is 1. The maximum Gasteiger partial charge on any atom is 0.252 e. The van der Waals surface area contributed by atoms with Crippen molar-refractivity contribution in [2.24, 2.45) is 23.5 Å². The molecule has 1 aliphatic carbocycles. The zero-order valence-electron chi connectivity index (χ0n) is 14.3. The van der Waals surface area contributed by atoms with E-state index in [1.54, 1.807) is 18.2 Å². The van der Waals surface area contributed by atoms with Crippen molar-refractivity contribution in [2.75, 3.05) is 13.7 Å². The van der Waals surface area contributed by atoms with Crippen molar-refractivity contribution >= 4 is 22.6 Å². The molecular formula is C18H17F2N3O4. The third-order valence-electron chi connectivity index (χ3n) is 5.23. The van der Waals surface area contributed by atoms with E-state index in [4.69, 9.17) is 15.2 Å². The van der Waals surface area contributed by atoms with Crippen LogP contribution in [0.5, 0.6) is 11.6 Å². The number of alkyl halides is 2. The van der Waals surface area contributed by atoms with Crippen molar-refractivity contribution in [3.63, 3.8) is 0 Å². The van der Waals surface area contributed by atoms with Gasteiger partial charge in [-0.15, -0.1) is 0 Å². The lowest BCUT2D eigenvalue weighted by Gasteiger charge is -2.17. The minimum atomic E-state index is -2.51. The molecular weight excluding hydrogens is 360 g/mol. The molecule has 27 heavy (non-hydrogen) atoms. The number of piperidine rings is 1. The number of carbonyl (C=O) groups is 2. The lowest BCUT2D eigenvalue weighted by Crippen LogP contribution is -2.38. The van der Waals surface area contributed by atoms with E-state index in [9.17, 15) is 18.4 Å². The molecule has 1 aliphatic heterocycles. The number of fused-ring (bicyclic) bond motifs is 2. The Morgan fingerprint density at radius 3 is 2.81 bits per heavy atom. The van der Waals surface area contributed by atoms with Crippen LogP contribution in [0.1, 0.15) is 10.4 Å². The molecule has 142 valence electrons. The predicted molar refractivity (Wildman–Crippen MR) is 90.7 cm³/mol. The number of hydrogen-bond acceptors (Lipinski definition) is 5. The monoisotopic (exact) mass is 377 g/mol. The molecule has 1 saturated heterocycles. The molecule has 0 radical (unpaired) electrons. The van der Waals surface area contributed by atoms with Gasteiger partial charge in [-0.05, 0) is 23.6 Å². The van der Waals surface area contributed by atoms with Crippen molar-refractivity contribution in [3.8, 4) is 11.6 Å². The third-order valence-corrected chi connectivity index (χ3v) is 5.23. The molecule has 4 rings (SSSR count). The number of halogens is 2. The Morgan fingerprint density at radius 1 is 1.41 bits per heavy atom. The van der Waals surface area contributed by atoms with Gasteiger partial charge in [0.25, 0.3) is 5.91 Å². The molecule has 1 saturated carbocycles. The van der Waals surface area contributed by atoms with Crippen LogP contribution < -0.4 is 20.5 Å². The highest BCUT2D eigenvalue weighted by atomic mass is 19.3. The summed E-state index contributed by atoms with van der Waals surface area (Å²) in [6.07, 6.45) is -1.01. The van der Waals surface area contributed by atoms with Crippen molar-refractivity contribution in [1.29, 1.82) is 0 Å². The van der Waals surface area contributed by atoms with Gasteiger partial charge >= 0.3 is 0 Å². The smallest absolute Gasteiger partial charge is 0.252 e. The molecule has 7 nitrogen and oxygen atoms in total. The van der Waals surface area contributed by atoms with Gasteiger partial charge in [0.05, 0.1) is 24.6 Å². The minimum Gasteiger partial charge on any atom is -0.496 e. The number of nitrogens with zero attached hydrogens (tertiary/aromatic N) is 1. The Kier molecular flexibility index (Phi) is 4.09. The SMILES string of the molecule is COc1cc2c(OC[C@H]3NC(=O)C4C(C(F)F)[C@@H]43)nccc2cc1C(N)=O. The summed E-state index contributed by atoms with van der Waals surface area (Å²) in [4.78, 5) is 27.5. The number of carbonyl (C=O) groups excluding carboxylic acids is 2. The largest absolute Gasteiger partial charge is 0.496 e. The first-order valence-corrected chi connectivity index (χ1v) is 8.40. The zero-order valence-corrected chi connectivity index (χ0v) is 14.3. The Hall–Kier alpha value is -2.97.